The van der Waals surface area contributed by atoms with E-state index in [0.717, 1.165) is 10.2 Å². The number of aromatic nitrogens is 1. The van der Waals surface area contributed by atoms with Crippen LogP contribution in [0.3, 0.4) is 0 Å². The van der Waals surface area contributed by atoms with E-state index in [1.54, 1.807) is 24.3 Å². The SMILES string of the molecule is O=C(c1ccco1)N(/N=C/c1ccc(F)cc1)c1nc2ccccc2s1. The second-order valence-electron chi connectivity index (χ2n) is 5.35. The highest BCUT2D eigenvalue weighted by atomic mass is 32.1. The number of thiazole rings is 1. The maximum absolute atomic E-state index is 13.1. The van der Waals surface area contributed by atoms with Crippen LogP contribution < -0.4 is 5.01 Å². The molecule has 2 heterocycles. The fourth-order valence-electron chi connectivity index (χ4n) is 2.32. The molecule has 0 saturated carbocycles. The third-order valence-electron chi connectivity index (χ3n) is 3.58. The monoisotopic (exact) mass is 365 g/mol. The van der Waals surface area contributed by atoms with E-state index in [1.165, 1.54) is 41.0 Å². The Labute approximate surface area is 152 Å². The lowest BCUT2D eigenvalue weighted by molar-refractivity contribution is 0.0961. The van der Waals surface area contributed by atoms with Crippen LogP contribution in [0.1, 0.15) is 16.1 Å². The van der Waals surface area contributed by atoms with Gasteiger partial charge in [-0.05, 0) is 42.0 Å². The predicted octanol–water partition coefficient (Wildman–Crippen LogP) is 4.71. The summed E-state index contributed by atoms with van der Waals surface area (Å²) < 4.78 is 19.2. The standard InChI is InChI=1S/C19H12FN3O2S/c20-14-9-7-13(8-10-14)12-21-23(18(24)16-5-3-11-25-16)19-22-15-4-1-2-6-17(15)26-19/h1-12H/b21-12+. The normalized spacial score (nSPS) is 11.3. The van der Waals surface area contributed by atoms with Gasteiger partial charge in [0, 0.05) is 0 Å². The van der Waals surface area contributed by atoms with Gasteiger partial charge in [-0.25, -0.2) is 9.37 Å². The fourth-order valence-corrected chi connectivity index (χ4v) is 3.24. The number of nitrogens with zero attached hydrogens (tertiary/aromatic N) is 3. The molecular weight excluding hydrogens is 353 g/mol. The minimum atomic E-state index is -0.438. The number of benzene rings is 2. The lowest BCUT2D eigenvalue weighted by Gasteiger charge is -2.11. The van der Waals surface area contributed by atoms with E-state index in [2.05, 4.69) is 10.1 Å². The molecule has 1 amide bonds. The van der Waals surface area contributed by atoms with Gasteiger partial charge in [0.25, 0.3) is 0 Å². The average Bonchev–Trinajstić information content (AvgIpc) is 3.33. The van der Waals surface area contributed by atoms with E-state index < -0.39 is 5.91 Å². The summed E-state index contributed by atoms with van der Waals surface area (Å²) in [6.45, 7) is 0. The van der Waals surface area contributed by atoms with Crippen molar-refractivity contribution in [3.8, 4) is 0 Å². The van der Waals surface area contributed by atoms with Gasteiger partial charge in [-0.2, -0.15) is 10.1 Å². The maximum Gasteiger partial charge on any atom is 0.316 e. The highest BCUT2D eigenvalue weighted by Gasteiger charge is 2.22. The van der Waals surface area contributed by atoms with Crippen molar-refractivity contribution in [1.82, 2.24) is 4.98 Å². The molecule has 0 fully saturated rings. The molecule has 0 aliphatic carbocycles. The maximum atomic E-state index is 13.1. The van der Waals surface area contributed by atoms with Crippen molar-refractivity contribution in [2.24, 2.45) is 5.10 Å². The van der Waals surface area contributed by atoms with Gasteiger partial charge in [0.2, 0.25) is 5.13 Å². The van der Waals surface area contributed by atoms with E-state index >= 15 is 0 Å². The van der Waals surface area contributed by atoms with Crippen LogP contribution in [0.5, 0.6) is 0 Å². The van der Waals surface area contributed by atoms with Gasteiger partial charge < -0.3 is 4.42 Å². The number of carbonyl (C=O) groups is 1. The molecule has 0 unspecified atom stereocenters. The third-order valence-corrected chi connectivity index (χ3v) is 4.59. The van der Waals surface area contributed by atoms with Crippen molar-refractivity contribution < 1.29 is 13.6 Å². The Morgan fingerprint density at radius 2 is 1.92 bits per heavy atom. The summed E-state index contributed by atoms with van der Waals surface area (Å²) in [7, 11) is 0. The zero-order chi connectivity index (χ0) is 17.9. The number of para-hydroxylation sites is 1. The van der Waals surface area contributed by atoms with Crippen molar-refractivity contribution in [3.05, 3.63) is 84.1 Å². The Balaban J connectivity index is 1.73. The minimum Gasteiger partial charge on any atom is -0.459 e. The van der Waals surface area contributed by atoms with Gasteiger partial charge in [-0.15, -0.1) is 0 Å². The number of amides is 1. The van der Waals surface area contributed by atoms with E-state index in [4.69, 9.17) is 4.42 Å². The highest BCUT2D eigenvalue weighted by molar-refractivity contribution is 7.22. The van der Waals surface area contributed by atoms with Crippen LogP contribution in [0, 0.1) is 5.82 Å². The van der Waals surface area contributed by atoms with Gasteiger partial charge in [0.05, 0.1) is 22.7 Å². The largest absolute Gasteiger partial charge is 0.459 e. The Hall–Kier alpha value is -3.32. The van der Waals surface area contributed by atoms with Gasteiger partial charge in [0.1, 0.15) is 5.82 Å². The molecule has 5 nitrogen and oxygen atoms in total. The second kappa shape index (κ2) is 6.89. The Morgan fingerprint density at radius 3 is 2.65 bits per heavy atom. The Kier molecular flexibility index (Phi) is 4.28. The highest BCUT2D eigenvalue weighted by Crippen LogP contribution is 2.29. The number of anilines is 1. The number of halogens is 1. The van der Waals surface area contributed by atoms with Crippen molar-refractivity contribution in [2.45, 2.75) is 0 Å². The van der Waals surface area contributed by atoms with Crippen molar-refractivity contribution >= 4 is 38.8 Å². The summed E-state index contributed by atoms with van der Waals surface area (Å²) in [5, 5.41) is 5.88. The minimum absolute atomic E-state index is 0.153. The molecule has 0 N–H and O–H groups in total. The lowest BCUT2D eigenvalue weighted by atomic mass is 10.2. The number of hydrazone groups is 1. The van der Waals surface area contributed by atoms with E-state index in [0.29, 0.717) is 10.7 Å². The first-order chi connectivity index (χ1) is 12.7. The van der Waals surface area contributed by atoms with Crippen LogP contribution in [0.4, 0.5) is 9.52 Å². The molecule has 0 bridgehead atoms. The number of carbonyl (C=O) groups excluding carboxylic acids is 1. The van der Waals surface area contributed by atoms with Crippen LogP contribution >= 0.6 is 11.3 Å². The number of fused-ring (bicyclic) bond motifs is 1. The summed E-state index contributed by atoms with van der Waals surface area (Å²) in [4.78, 5) is 17.3. The first-order valence-corrected chi connectivity index (χ1v) is 8.55. The quantitative estimate of drug-likeness (QED) is 0.389. The molecule has 0 radical (unpaired) electrons. The van der Waals surface area contributed by atoms with E-state index in [-0.39, 0.29) is 11.6 Å². The molecule has 128 valence electrons. The van der Waals surface area contributed by atoms with E-state index in [1.807, 2.05) is 24.3 Å². The number of hydrogen-bond donors (Lipinski definition) is 0. The predicted molar refractivity (Wildman–Crippen MR) is 99.1 cm³/mol. The molecule has 2 aromatic heterocycles. The summed E-state index contributed by atoms with van der Waals surface area (Å²) in [5.41, 5.74) is 1.44. The van der Waals surface area contributed by atoms with Crippen molar-refractivity contribution in [2.75, 3.05) is 5.01 Å². The van der Waals surface area contributed by atoms with E-state index in [9.17, 15) is 9.18 Å². The summed E-state index contributed by atoms with van der Waals surface area (Å²) in [6.07, 6.45) is 2.90. The van der Waals surface area contributed by atoms with Crippen LogP contribution in [-0.2, 0) is 0 Å². The topological polar surface area (TPSA) is 58.7 Å². The van der Waals surface area contributed by atoms with Gasteiger partial charge >= 0.3 is 5.91 Å². The van der Waals surface area contributed by atoms with Crippen LogP contribution in [0.25, 0.3) is 10.2 Å². The van der Waals surface area contributed by atoms with Crippen molar-refractivity contribution in [3.63, 3.8) is 0 Å². The summed E-state index contributed by atoms with van der Waals surface area (Å²) in [5.74, 6) is -0.621. The second-order valence-corrected chi connectivity index (χ2v) is 6.36. The molecule has 7 heteroatoms. The first-order valence-electron chi connectivity index (χ1n) is 7.74. The number of rotatable bonds is 4. The molecule has 0 aliphatic rings. The molecule has 0 spiro atoms. The molecule has 4 aromatic rings. The Morgan fingerprint density at radius 1 is 1.12 bits per heavy atom. The molecular formula is C19H12FN3O2S. The molecule has 26 heavy (non-hydrogen) atoms. The lowest BCUT2D eigenvalue weighted by Crippen LogP contribution is -2.25. The number of hydrogen-bond acceptors (Lipinski definition) is 5. The summed E-state index contributed by atoms with van der Waals surface area (Å²) >= 11 is 1.35. The third kappa shape index (κ3) is 3.25. The molecule has 2 aromatic carbocycles. The smallest absolute Gasteiger partial charge is 0.316 e. The molecule has 0 saturated heterocycles. The molecule has 4 rings (SSSR count). The van der Waals surface area contributed by atoms with Crippen LogP contribution in [0.2, 0.25) is 0 Å². The number of furan rings is 1. The zero-order valence-corrected chi connectivity index (χ0v) is 14.2. The van der Waals surface area contributed by atoms with Crippen LogP contribution in [-0.4, -0.2) is 17.1 Å². The molecule has 0 atom stereocenters. The van der Waals surface area contributed by atoms with Crippen molar-refractivity contribution in [1.29, 1.82) is 0 Å². The van der Waals surface area contributed by atoms with Crippen LogP contribution in [0.15, 0.2) is 76.4 Å². The van der Waals surface area contributed by atoms with Gasteiger partial charge in [-0.3, -0.25) is 4.79 Å². The van der Waals surface area contributed by atoms with Gasteiger partial charge in [0.15, 0.2) is 5.76 Å². The average molecular weight is 365 g/mol. The first kappa shape index (κ1) is 16.2. The summed E-state index contributed by atoms with van der Waals surface area (Å²) in [6, 6.07) is 16.6. The molecule has 0 aliphatic heterocycles. The fraction of sp³-hybridized carbons (Fsp3) is 0. The van der Waals surface area contributed by atoms with Gasteiger partial charge in [-0.1, -0.05) is 35.6 Å². The zero-order valence-electron chi connectivity index (χ0n) is 13.4. The Bertz CT molecular complexity index is 1040.